The molecule has 0 radical (unpaired) electrons. The monoisotopic (exact) mass is 322 g/mol. The molecule has 0 bridgehead atoms. The summed E-state index contributed by atoms with van der Waals surface area (Å²) >= 11 is 0. The molecule has 3 heterocycles. The van der Waals surface area contributed by atoms with Crippen LogP contribution in [0.4, 0.5) is 5.69 Å². The highest BCUT2D eigenvalue weighted by atomic mass is 16.5. The van der Waals surface area contributed by atoms with Crippen molar-refractivity contribution < 1.29 is 9.53 Å². The molecular weight excluding hydrogens is 304 g/mol. The van der Waals surface area contributed by atoms with Gasteiger partial charge in [0.2, 0.25) is 0 Å². The first-order valence-electron chi connectivity index (χ1n) is 8.06. The number of ether oxygens (including phenoxy) is 1. The summed E-state index contributed by atoms with van der Waals surface area (Å²) in [5.41, 5.74) is 3.20. The molecule has 1 amide bonds. The van der Waals surface area contributed by atoms with E-state index in [-0.39, 0.29) is 18.1 Å². The summed E-state index contributed by atoms with van der Waals surface area (Å²) in [5, 5.41) is 2.92. The van der Waals surface area contributed by atoms with E-state index in [1.165, 1.54) is 0 Å². The zero-order chi connectivity index (χ0) is 16.5. The quantitative estimate of drug-likeness (QED) is 0.776. The number of imidazole rings is 1. The summed E-state index contributed by atoms with van der Waals surface area (Å²) < 4.78 is 5.60. The number of aromatic amines is 1. The summed E-state index contributed by atoms with van der Waals surface area (Å²) in [7, 11) is 0. The molecule has 1 aliphatic heterocycles. The zero-order valence-corrected chi connectivity index (χ0v) is 13.3. The molecule has 6 nitrogen and oxygen atoms in total. The van der Waals surface area contributed by atoms with E-state index in [2.05, 4.69) is 20.3 Å². The van der Waals surface area contributed by atoms with E-state index in [0.29, 0.717) is 5.82 Å². The molecular formula is C18H18N4O2. The Kier molecular flexibility index (Phi) is 3.74. The molecule has 6 heteroatoms. The number of aromatic nitrogens is 3. The van der Waals surface area contributed by atoms with Gasteiger partial charge in [-0.05, 0) is 50.1 Å². The molecule has 0 saturated carbocycles. The third kappa shape index (κ3) is 2.88. The Morgan fingerprint density at radius 3 is 2.96 bits per heavy atom. The van der Waals surface area contributed by atoms with Gasteiger partial charge in [0, 0.05) is 11.9 Å². The van der Waals surface area contributed by atoms with Crippen LogP contribution in [0.3, 0.4) is 0 Å². The molecule has 3 aromatic rings. The Balaban J connectivity index is 1.56. The van der Waals surface area contributed by atoms with Crippen molar-refractivity contribution in [2.75, 3.05) is 5.32 Å². The maximum absolute atomic E-state index is 12.3. The van der Waals surface area contributed by atoms with Crippen molar-refractivity contribution in [3.63, 3.8) is 0 Å². The molecule has 1 aliphatic rings. The summed E-state index contributed by atoms with van der Waals surface area (Å²) in [6, 6.07) is 11.3. The van der Waals surface area contributed by atoms with Gasteiger partial charge >= 0.3 is 0 Å². The van der Waals surface area contributed by atoms with Crippen LogP contribution in [0.5, 0.6) is 0 Å². The highest BCUT2D eigenvalue weighted by molar-refractivity contribution is 5.96. The summed E-state index contributed by atoms with van der Waals surface area (Å²) in [6.45, 7) is 1.99. The van der Waals surface area contributed by atoms with Crippen LogP contribution >= 0.6 is 0 Å². The predicted octanol–water partition coefficient (Wildman–Crippen LogP) is 3.13. The van der Waals surface area contributed by atoms with Crippen LogP contribution < -0.4 is 5.32 Å². The second kappa shape index (κ2) is 6.05. The Labute approximate surface area is 139 Å². The number of carbonyl (C=O) groups is 1. The van der Waals surface area contributed by atoms with Gasteiger partial charge in [0.25, 0.3) is 5.91 Å². The molecule has 1 aromatic carbocycles. The lowest BCUT2D eigenvalue weighted by Gasteiger charge is -2.11. The van der Waals surface area contributed by atoms with Crippen LogP contribution in [0.25, 0.3) is 22.6 Å². The van der Waals surface area contributed by atoms with E-state index in [1.807, 2.05) is 43.3 Å². The number of rotatable bonds is 3. The van der Waals surface area contributed by atoms with Crippen LogP contribution in [0.15, 0.2) is 42.6 Å². The lowest BCUT2D eigenvalue weighted by Crippen LogP contribution is -2.27. The molecule has 24 heavy (non-hydrogen) atoms. The van der Waals surface area contributed by atoms with E-state index < -0.39 is 0 Å². The zero-order valence-electron chi connectivity index (χ0n) is 13.3. The number of carbonyl (C=O) groups excluding carboxylic acids is 1. The minimum atomic E-state index is -0.360. The summed E-state index contributed by atoms with van der Waals surface area (Å²) in [4.78, 5) is 24.3. The second-order valence-corrected chi connectivity index (χ2v) is 6.03. The number of hydrogen-bond acceptors (Lipinski definition) is 4. The molecule has 2 N–H and O–H groups in total. The summed E-state index contributed by atoms with van der Waals surface area (Å²) in [6.07, 6.45) is 3.21. The first-order valence-corrected chi connectivity index (χ1v) is 8.06. The average Bonchev–Trinajstić information content (AvgIpc) is 3.21. The van der Waals surface area contributed by atoms with Crippen LogP contribution in [0.1, 0.15) is 19.8 Å². The molecule has 2 atom stereocenters. The third-order valence-electron chi connectivity index (χ3n) is 4.18. The van der Waals surface area contributed by atoms with E-state index in [9.17, 15) is 4.79 Å². The van der Waals surface area contributed by atoms with Gasteiger partial charge in [-0.15, -0.1) is 0 Å². The number of nitrogens with zero attached hydrogens (tertiary/aromatic N) is 2. The number of fused-ring (bicyclic) bond motifs is 1. The fraction of sp³-hybridized carbons (Fsp3) is 0.278. The van der Waals surface area contributed by atoms with Gasteiger partial charge in [-0.1, -0.05) is 6.07 Å². The number of nitrogens with one attached hydrogen (secondary N) is 2. The Bertz CT molecular complexity index is 875. The van der Waals surface area contributed by atoms with E-state index in [0.717, 1.165) is 35.3 Å². The molecule has 0 aliphatic carbocycles. The highest BCUT2D eigenvalue weighted by Gasteiger charge is 2.28. The summed E-state index contributed by atoms with van der Waals surface area (Å²) in [5.74, 6) is 0.616. The van der Waals surface area contributed by atoms with Crippen molar-refractivity contribution in [2.24, 2.45) is 0 Å². The first-order chi connectivity index (χ1) is 11.7. The van der Waals surface area contributed by atoms with Gasteiger partial charge in [0.15, 0.2) is 5.82 Å². The van der Waals surface area contributed by atoms with Crippen LogP contribution in [0, 0.1) is 0 Å². The van der Waals surface area contributed by atoms with Gasteiger partial charge in [0.05, 0.1) is 17.1 Å². The molecule has 0 spiro atoms. The van der Waals surface area contributed by atoms with Crippen molar-refractivity contribution in [1.29, 1.82) is 0 Å². The molecule has 1 saturated heterocycles. The van der Waals surface area contributed by atoms with Crippen LogP contribution in [-0.4, -0.2) is 33.1 Å². The standard InChI is InChI=1S/C18H18N4O2/c1-11-5-8-16(24-11)18(23)20-12-6-7-13-15(10-12)22-17(21-13)14-4-2-3-9-19-14/h2-4,6-7,9-11,16H,5,8H2,1H3,(H,20,23)(H,21,22)/t11-,16-/m1/s1. The van der Waals surface area contributed by atoms with Gasteiger partial charge in [-0.3, -0.25) is 9.78 Å². The van der Waals surface area contributed by atoms with Crippen molar-refractivity contribution in [2.45, 2.75) is 32.0 Å². The normalized spacial score (nSPS) is 20.4. The second-order valence-electron chi connectivity index (χ2n) is 6.03. The number of pyridine rings is 1. The molecule has 2 aromatic heterocycles. The molecule has 1 fully saturated rings. The van der Waals surface area contributed by atoms with Crippen molar-refractivity contribution in [1.82, 2.24) is 15.0 Å². The Morgan fingerprint density at radius 2 is 2.21 bits per heavy atom. The number of benzene rings is 1. The maximum Gasteiger partial charge on any atom is 0.253 e. The number of anilines is 1. The molecule has 122 valence electrons. The minimum absolute atomic E-state index is 0.0943. The number of H-pyrrole nitrogens is 1. The predicted molar refractivity (Wildman–Crippen MR) is 91.5 cm³/mol. The fourth-order valence-corrected chi connectivity index (χ4v) is 2.93. The van der Waals surface area contributed by atoms with Gasteiger partial charge < -0.3 is 15.0 Å². The maximum atomic E-state index is 12.3. The number of amides is 1. The fourth-order valence-electron chi connectivity index (χ4n) is 2.93. The largest absolute Gasteiger partial charge is 0.365 e. The van der Waals surface area contributed by atoms with Gasteiger partial charge in [0.1, 0.15) is 11.8 Å². The topological polar surface area (TPSA) is 79.9 Å². The lowest BCUT2D eigenvalue weighted by molar-refractivity contribution is -0.126. The average molecular weight is 322 g/mol. The lowest BCUT2D eigenvalue weighted by atomic mass is 10.2. The minimum Gasteiger partial charge on any atom is -0.365 e. The highest BCUT2D eigenvalue weighted by Crippen LogP contribution is 2.24. The Morgan fingerprint density at radius 1 is 1.29 bits per heavy atom. The van der Waals surface area contributed by atoms with Gasteiger partial charge in [-0.25, -0.2) is 4.98 Å². The van der Waals surface area contributed by atoms with E-state index in [4.69, 9.17) is 4.74 Å². The van der Waals surface area contributed by atoms with E-state index >= 15 is 0 Å². The van der Waals surface area contributed by atoms with Crippen molar-refractivity contribution in [3.05, 3.63) is 42.6 Å². The third-order valence-corrected chi connectivity index (χ3v) is 4.18. The molecule has 0 unspecified atom stereocenters. The smallest absolute Gasteiger partial charge is 0.253 e. The van der Waals surface area contributed by atoms with Gasteiger partial charge in [-0.2, -0.15) is 0 Å². The number of hydrogen-bond donors (Lipinski definition) is 2. The van der Waals surface area contributed by atoms with E-state index in [1.54, 1.807) is 6.20 Å². The molecule has 4 rings (SSSR count). The van der Waals surface area contributed by atoms with Crippen LogP contribution in [0.2, 0.25) is 0 Å². The first kappa shape index (κ1) is 14.8. The Hall–Kier alpha value is -2.73. The SMILES string of the molecule is C[C@@H]1CC[C@H](C(=O)Nc2ccc3nc(-c4ccccn4)[nH]c3c2)O1. The van der Waals surface area contributed by atoms with Crippen molar-refractivity contribution in [3.8, 4) is 11.5 Å². The van der Waals surface area contributed by atoms with Crippen LogP contribution in [-0.2, 0) is 9.53 Å². The van der Waals surface area contributed by atoms with Crippen molar-refractivity contribution >= 4 is 22.6 Å².